The van der Waals surface area contributed by atoms with E-state index in [-0.39, 0.29) is 0 Å². The first kappa shape index (κ1) is 29.5. The van der Waals surface area contributed by atoms with Gasteiger partial charge in [-0.3, -0.25) is 0 Å². The normalized spacial score (nSPS) is 13.6. The minimum absolute atomic E-state index is 0.814. The van der Waals surface area contributed by atoms with E-state index in [0.717, 1.165) is 19.3 Å². The van der Waals surface area contributed by atoms with Gasteiger partial charge in [-0.1, -0.05) is 140 Å². The zero-order valence-corrected chi connectivity index (χ0v) is 27.2. The van der Waals surface area contributed by atoms with Gasteiger partial charge in [0.25, 0.3) is 0 Å². The van der Waals surface area contributed by atoms with Crippen molar-refractivity contribution in [2.75, 3.05) is 0 Å². The van der Waals surface area contributed by atoms with Crippen LogP contribution >= 0.6 is 0 Å². The van der Waals surface area contributed by atoms with Gasteiger partial charge in [-0.25, -0.2) is 0 Å². The Morgan fingerprint density at radius 3 is 2.42 bits per heavy atom. The van der Waals surface area contributed by atoms with Crippen LogP contribution in [0.1, 0.15) is 41.3 Å². The molecule has 1 N–H and O–H groups in total. The minimum Gasteiger partial charge on any atom is -0.358 e. The second-order valence-corrected chi connectivity index (χ2v) is 12.4. The first-order valence-corrected chi connectivity index (χ1v) is 16.9. The topological polar surface area (TPSA) is 20.7 Å². The van der Waals surface area contributed by atoms with Gasteiger partial charge in [0.1, 0.15) is 0 Å². The number of rotatable bonds is 8. The molecule has 5 aromatic carbocycles. The molecule has 0 spiro atoms. The van der Waals surface area contributed by atoms with E-state index in [2.05, 4.69) is 186 Å². The van der Waals surface area contributed by atoms with Crippen LogP contribution in [-0.4, -0.2) is 9.55 Å². The maximum atomic E-state index is 3.71. The van der Waals surface area contributed by atoms with Crippen LogP contribution in [0.5, 0.6) is 0 Å². The third-order valence-electron chi connectivity index (χ3n) is 9.40. The Kier molecular flexibility index (Phi) is 8.06. The summed E-state index contributed by atoms with van der Waals surface area (Å²) in [4.78, 5) is 3.71. The first-order valence-electron chi connectivity index (χ1n) is 16.9. The van der Waals surface area contributed by atoms with Crippen LogP contribution in [0.25, 0.3) is 50.0 Å². The van der Waals surface area contributed by atoms with Crippen molar-refractivity contribution in [2.24, 2.45) is 0 Å². The number of nitrogens with one attached hydrogen (secondary N) is 1. The first-order chi connectivity index (χ1) is 23.8. The highest BCUT2D eigenvalue weighted by Gasteiger charge is 2.20. The second-order valence-electron chi connectivity index (χ2n) is 12.4. The number of allylic oxidation sites excluding steroid dienone is 8. The standard InChI is InChI=1S/C46H38N2/c1-2-3-4-6-18-33(32-35-20-17-30-44-45(35)40-26-13-16-29-43(40)48(44)36-21-7-5-8-22-36)31-34-19-9-10-23-37(34)38-24-11-15-28-42-46(38)39-25-12-14-27-41(39)47-42/h2-3,5-27,29-30,32,47H,4,28,31H2,1H3/b3-2-,18-6?,33-32-. The Morgan fingerprint density at radius 1 is 0.750 bits per heavy atom. The Labute approximate surface area is 282 Å². The van der Waals surface area contributed by atoms with Gasteiger partial charge in [0.05, 0.1) is 11.0 Å². The van der Waals surface area contributed by atoms with E-state index in [4.69, 9.17) is 0 Å². The molecular formula is C46H38N2. The van der Waals surface area contributed by atoms with Crippen LogP contribution < -0.4 is 0 Å². The molecule has 232 valence electrons. The van der Waals surface area contributed by atoms with E-state index in [0.29, 0.717) is 0 Å². The zero-order chi connectivity index (χ0) is 32.3. The maximum Gasteiger partial charge on any atom is 0.0547 e. The van der Waals surface area contributed by atoms with E-state index in [1.54, 1.807) is 0 Å². The molecule has 1 aliphatic carbocycles. The van der Waals surface area contributed by atoms with E-state index < -0.39 is 0 Å². The van der Waals surface area contributed by atoms with Crippen LogP contribution in [-0.2, 0) is 12.8 Å². The van der Waals surface area contributed by atoms with Gasteiger partial charge >= 0.3 is 0 Å². The van der Waals surface area contributed by atoms with Crippen LogP contribution in [0, 0.1) is 0 Å². The molecule has 0 unspecified atom stereocenters. The van der Waals surface area contributed by atoms with E-state index in [1.165, 1.54) is 77.5 Å². The molecular weight excluding hydrogens is 581 g/mol. The summed E-state index contributed by atoms with van der Waals surface area (Å²) in [7, 11) is 0. The van der Waals surface area contributed by atoms with Gasteiger partial charge in [-0.15, -0.1) is 0 Å². The predicted molar refractivity (Wildman–Crippen MR) is 206 cm³/mol. The summed E-state index contributed by atoms with van der Waals surface area (Å²) < 4.78 is 2.39. The van der Waals surface area contributed by atoms with Crippen molar-refractivity contribution in [1.82, 2.24) is 9.55 Å². The van der Waals surface area contributed by atoms with E-state index in [1.807, 2.05) is 0 Å². The Hall–Kier alpha value is -5.86. The highest BCUT2D eigenvalue weighted by molar-refractivity contribution is 6.13. The number of aromatic nitrogens is 2. The molecule has 0 fully saturated rings. The molecule has 2 aromatic heterocycles. The Balaban J connectivity index is 1.28. The molecule has 2 heteroatoms. The maximum absolute atomic E-state index is 3.71. The summed E-state index contributed by atoms with van der Waals surface area (Å²) in [6, 6.07) is 43.8. The van der Waals surface area contributed by atoms with Crippen molar-refractivity contribution in [3.05, 3.63) is 197 Å². The SMILES string of the molecule is C/C=C\CC=C/C(=C/c1cccc2c1c1ccccc1n2-c1ccccc1)Cc1ccccc1C1=CC=CCc2[nH]c3ccccc3c21. The monoisotopic (exact) mass is 618 g/mol. The lowest BCUT2D eigenvalue weighted by molar-refractivity contribution is 1.16. The Bertz CT molecular complexity index is 2420. The fourth-order valence-corrected chi connectivity index (χ4v) is 7.29. The molecule has 0 saturated heterocycles. The molecule has 7 aromatic rings. The summed E-state index contributed by atoms with van der Waals surface area (Å²) >= 11 is 0. The molecule has 0 amide bonds. The smallest absolute Gasteiger partial charge is 0.0547 e. The lowest BCUT2D eigenvalue weighted by Gasteiger charge is -2.15. The van der Waals surface area contributed by atoms with Gasteiger partial charge in [0.15, 0.2) is 0 Å². The van der Waals surface area contributed by atoms with Crippen LogP contribution in [0.15, 0.2) is 169 Å². The molecule has 0 bridgehead atoms. The summed E-state index contributed by atoms with van der Waals surface area (Å²) in [6.45, 7) is 2.08. The molecule has 2 heterocycles. The van der Waals surface area contributed by atoms with Crippen molar-refractivity contribution < 1.29 is 0 Å². The Morgan fingerprint density at radius 2 is 1.52 bits per heavy atom. The molecule has 0 atom stereocenters. The molecule has 8 rings (SSSR count). The third kappa shape index (κ3) is 5.46. The van der Waals surface area contributed by atoms with E-state index in [9.17, 15) is 0 Å². The largest absolute Gasteiger partial charge is 0.358 e. The van der Waals surface area contributed by atoms with Crippen LogP contribution in [0.2, 0.25) is 0 Å². The number of nitrogens with zero attached hydrogens (tertiary/aromatic N) is 1. The summed E-state index contributed by atoms with van der Waals surface area (Å²) in [5, 5.41) is 3.83. The summed E-state index contributed by atoms with van der Waals surface area (Å²) in [5.74, 6) is 0. The molecule has 48 heavy (non-hydrogen) atoms. The molecule has 1 aliphatic rings. The number of hydrogen-bond donors (Lipinski definition) is 1. The van der Waals surface area contributed by atoms with Gasteiger partial charge in [0, 0.05) is 45.0 Å². The van der Waals surface area contributed by atoms with Crippen molar-refractivity contribution in [1.29, 1.82) is 0 Å². The number of benzene rings is 5. The molecule has 0 radical (unpaired) electrons. The molecule has 2 nitrogen and oxygen atoms in total. The average molecular weight is 619 g/mol. The summed E-state index contributed by atoms with van der Waals surface area (Å²) in [5.41, 5.74) is 13.8. The molecule has 0 aliphatic heterocycles. The second kappa shape index (κ2) is 13.1. The molecule has 0 saturated carbocycles. The lowest BCUT2D eigenvalue weighted by atomic mass is 9.89. The highest BCUT2D eigenvalue weighted by atomic mass is 15.0. The quantitative estimate of drug-likeness (QED) is 0.129. The van der Waals surface area contributed by atoms with Gasteiger partial charge < -0.3 is 9.55 Å². The van der Waals surface area contributed by atoms with Gasteiger partial charge in [-0.05, 0) is 77.9 Å². The van der Waals surface area contributed by atoms with Gasteiger partial charge in [0.2, 0.25) is 0 Å². The summed E-state index contributed by atoms with van der Waals surface area (Å²) in [6.07, 6.45) is 20.7. The van der Waals surface area contributed by atoms with Crippen LogP contribution in [0.4, 0.5) is 0 Å². The lowest BCUT2D eigenvalue weighted by Crippen LogP contribution is -1.98. The van der Waals surface area contributed by atoms with Crippen LogP contribution in [0.3, 0.4) is 0 Å². The average Bonchev–Trinajstić information content (AvgIpc) is 3.59. The fourth-order valence-electron chi connectivity index (χ4n) is 7.29. The van der Waals surface area contributed by atoms with Gasteiger partial charge in [-0.2, -0.15) is 0 Å². The predicted octanol–water partition coefficient (Wildman–Crippen LogP) is 12.0. The van der Waals surface area contributed by atoms with Crippen molar-refractivity contribution in [2.45, 2.75) is 26.2 Å². The van der Waals surface area contributed by atoms with Crippen molar-refractivity contribution in [3.8, 4) is 5.69 Å². The number of aromatic amines is 1. The zero-order valence-electron chi connectivity index (χ0n) is 27.2. The minimum atomic E-state index is 0.814. The number of H-pyrrole nitrogens is 1. The number of hydrogen-bond acceptors (Lipinski definition) is 0. The fraction of sp³-hybridized carbons (Fsp3) is 0.0870. The van der Waals surface area contributed by atoms with Crippen molar-refractivity contribution >= 4 is 44.4 Å². The highest BCUT2D eigenvalue weighted by Crippen LogP contribution is 2.38. The number of para-hydroxylation sites is 3. The third-order valence-corrected chi connectivity index (χ3v) is 9.40. The van der Waals surface area contributed by atoms with Crippen molar-refractivity contribution in [3.63, 3.8) is 0 Å². The van der Waals surface area contributed by atoms with E-state index >= 15 is 0 Å². The number of fused-ring (bicyclic) bond motifs is 6.